The zero-order chi connectivity index (χ0) is 9.84. The van der Waals surface area contributed by atoms with Gasteiger partial charge in [0.25, 0.3) is 0 Å². The van der Waals surface area contributed by atoms with E-state index >= 15 is 0 Å². The highest BCUT2D eigenvalue weighted by atomic mass is 79.9. The molecular formula is C10H11BrOS. The maximum atomic E-state index is 11.5. The van der Waals surface area contributed by atoms with E-state index in [0.29, 0.717) is 12.2 Å². The van der Waals surface area contributed by atoms with Gasteiger partial charge in [-0.25, -0.2) is 0 Å². The Bertz CT molecular complexity index is 323. The molecule has 0 bridgehead atoms. The van der Waals surface area contributed by atoms with E-state index in [-0.39, 0.29) is 5.78 Å². The molecule has 1 rings (SSSR count). The van der Waals surface area contributed by atoms with Gasteiger partial charge in [-0.05, 0) is 30.4 Å². The maximum absolute atomic E-state index is 11.5. The normalized spacial score (nSPS) is 10.1. The van der Waals surface area contributed by atoms with Gasteiger partial charge in [-0.15, -0.1) is 0 Å². The number of aryl methyl sites for hydroxylation is 1. The molecule has 0 amide bonds. The minimum absolute atomic E-state index is 0.161. The van der Waals surface area contributed by atoms with Crippen molar-refractivity contribution in [1.29, 1.82) is 0 Å². The Balaban J connectivity index is 2.99. The van der Waals surface area contributed by atoms with Crippen LogP contribution in [0.15, 0.2) is 22.7 Å². The third kappa shape index (κ3) is 2.85. The summed E-state index contributed by atoms with van der Waals surface area (Å²) in [5, 5.41) is 0. The Hall–Kier alpha value is -0.280. The lowest BCUT2D eigenvalue weighted by atomic mass is 10.0. The van der Waals surface area contributed by atoms with Crippen LogP contribution in [-0.4, -0.2) is 11.5 Å². The third-order valence-corrected chi connectivity index (χ3v) is 2.56. The van der Waals surface area contributed by atoms with E-state index in [0.717, 1.165) is 15.6 Å². The largest absolute Gasteiger partial charge is 0.294 e. The Morgan fingerprint density at radius 1 is 1.54 bits per heavy atom. The minimum atomic E-state index is 0.161. The van der Waals surface area contributed by atoms with Gasteiger partial charge in [0.05, 0.1) is 0 Å². The molecule has 0 aromatic heterocycles. The van der Waals surface area contributed by atoms with Gasteiger partial charge in [0.15, 0.2) is 5.78 Å². The number of hydrogen-bond acceptors (Lipinski definition) is 2. The Morgan fingerprint density at radius 2 is 2.23 bits per heavy atom. The van der Waals surface area contributed by atoms with Crippen LogP contribution < -0.4 is 0 Å². The lowest BCUT2D eigenvalue weighted by Gasteiger charge is -2.03. The van der Waals surface area contributed by atoms with Crippen LogP contribution in [0, 0.1) is 6.92 Å². The van der Waals surface area contributed by atoms with Crippen molar-refractivity contribution in [1.82, 2.24) is 0 Å². The first-order chi connectivity index (χ1) is 6.15. The smallest absolute Gasteiger partial charge is 0.163 e. The molecule has 0 heterocycles. The highest BCUT2D eigenvalue weighted by Crippen LogP contribution is 2.17. The molecule has 0 fully saturated rings. The zero-order valence-electron chi connectivity index (χ0n) is 7.38. The molecule has 0 atom stereocenters. The van der Waals surface area contributed by atoms with Crippen LogP contribution in [-0.2, 0) is 0 Å². The van der Waals surface area contributed by atoms with Gasteiger partial charge in [-0.1, -0.05) is 22.0 Å². The maximum Gasteiger partial charge on any atom is 0.163 e. The average molecular weight is 259 g/mol. The van der Waals surface area contributed by atoms with E-state index in [9.17, 15) is 4.79 Å². The second kappa shape index (κ2) is 4.82. The van der Waals surface area contributed by atoms with Crippen molar-refractivity contribution in [2.75, 3.05) is 5.75 Å². The number of carbonyl (C=O) groups is 1. The van der Waals surface area contributed by atoms with Crippen molar-refractivity contribution in [3.63, 3.8) is 0 Å². The third-order valence-electron chi connectivity index (χ3n) is 1.84. The van der Waals surface area contributed by atoms with Crippen LogP contribution in [0.3, 0.4) is 0 Å². The Labute approximate surface area is 92.1 Å². The van der Waals surface area contributed by atoms with Crippen LogP contribution in [0.1, 0.15) is 22.3 Å². The first-order valence-corrected chi connectivity index (χ1v) is 5.48. The van der Waals surface area contributed by atoms with Crippen LogP contribution in [0.2, 0.25) is 0 Å². The fraction of sp³-hybridized carbons (Fsp3) is 0.300. The van der Waals surface area contributed by atoms with Crippen molar-refractivity contribution in [2.45, 2.75) is 13.3 Å². The summed E-state index contributed by atoms with van der Waals surface area (Å²) in [5.74, 6) is 0.763. The van der Waals surface area contributed by atoms with Gasteiger partial charge in [0.1, 0.15) is 0 Å². The number of benzene rings is 1. The Kier molecular flexibility index (Phi) is 4.00. The highest BCUT2D eigenvalue weighted by Gasteiger charge is 2.07. The second-order valence-corrected chi connectivity index (χ2v) is 4.22. The molecule has 0 aliphatic carbocycles. The number of halogens is 1. The van der Waals surface area contributed by atoms with Gasteiger partial charge in [0.2, 0.25) is 0 Å². The second-order valence-electron chi connectivity index (χ2n) is 2.86. The molecule has 70 valence electrons. The summed E-state index contributed by atoms with van der Waals surface area (Å²) in [6.07, 6.45) is 0.500. The fourth-order valence-electron chi connectivity index (χ4n) is 1.13. The molecule has 0 spiro atoms. The lowest BCUT2D eigenvalue weighted by Crippen LogP contribution is -2.02. The first-order valence-electron chi connectivity index (χ1n) is 4.05. The van der Waals surface area contributed by atoms with E-state index in [1.807, 2.05) is 25.1 Å². The molecule has 0 radical (unpaired) electrons. The van der Waals surface area contributed by atoms with Crippen molar-refractivity contribution in [3.8, 4) is 0 Å². The summed E-state index contributed by atoms with van der Waals surface area (Å²) >= 11 is 7.38. The van der Waals surface area contributed by atoms with Gasteiger partial charge >= 0.3 is 0 Å². The topological polar surface area (TPSA) is 17.1 Å². The predicted molar refractivity (Wildman–Crippen MR) is 61.7 cm³/mol. The first kappa shape index (κ1) is 10.8. The van der Waals surface area contributed by atoms with Gasteiger partial charge in [0, 0.05) is 16.5 Å². The molecule has 0 unspecified atom stereocenters. The monoisotopic (exact) mass is 258 g/mol. The van der Waals surface area contributed by atoms with Gasteiger partial charge in [-0.3, -0.25) is 4.79 Å². The van der Waals surface area contributed by atoms with E-state index in [1.54, 1.807) is 0 Å². The van der Waals surface area contributed by atoms with Crippen molar-refractivity contribution in [2.24, 2.45) is 0 Å². The summed E-state index contributed by atoms with van der Waals surface area (Å²) in [5.41, 5.74) is 1.82. The van der Waals surface area contributed by atoms with Crippen LogP contribution in [0.5, 0.6) is 0 Å². The summed E-state index contributed by atoms with van der Waals surface area (Å²) in [7, 11) is 0. The number of Topliss-reactive ketones (excluding diaryl/α,β-unsaturated/α-hetero) is 1. The zero-order valence-corrected chi connectivity index (χ0v) is 9.86. The molecule has 0 aliphatic rings. The average Bonchev–Trinajstić information content (AvgIpc) is 2.09. The number of thiol groups is 1. The number of rotatable bonds is 3. The van der Waals surface area contributed by atoms with E-state index in [4.69, 9.17) is 0 Å². The lowest BCUT2D eigenvalue weighted by molar-refractivity contribution is 0.0989. The molecular weight excluding hydrogens is 248 g/mol. The quantitative estimate of drug-likeness (QED) is 0.651. The molecule has 0 saturated heterocycles. The molecule has 1 aromatic carbocycles. The minimum Gasteiger partial charge on any atom is -0.294 e. The van der Waals surface area contributed by atoms with Crippen LogP contribution in [0.4, 0.5) is 0 Å². The molecule has 0 N–H and O–H groups in total. The fourth-order valence-corrected chi connectivity index (χ4v) is 1.70. The number of ketones is 1. The number of hydrogen-bond donors (Lipinski definition) is 1. The summed E-state index contributed by atoms with van der Waals surface area (Å²) < 4.78 is 0.945. The van der Waals surface area contributed by atoms with E-state index in [2.05, 4.69) is 28.6 Å². The summed E-state index contributed by atoms with van der Waals surface area (Å²) in [4.78, 5) is 11.5. The van der Waals surface area contributed by atoms with E-state index in [1.165, 1.54) is 0 Å². The van der Waals surface area contributed by atoms with Gasteiger partial charge in [-0.2, -0.15) is 12.6 Å². The van der Waals surface area contributed by atoms with Gasteiger partial charge < -0.3 is 0 Å². The van der Waals surface area contributed by atoms with Crippen LogP contribution >= 0.6 is 28.6 Å². The summed E-state index contributed by atoms with van der Waals surface area (Å²) in [6, 6.07) is 5.74. The van der Waals surface area contributed by atoms with Crippen molar-refractivity contribution >= 4 is 34.3 Å². The molecule has 3 heteroatoms. The predicted octanol–water partition coefficient (Wildman–Crippen LogP) is 3.26. The highest BCUT2D eigenvalue weighted by molar-refractivity contribution is 9.10. The SMILES string of the molecule is Cc1ccc(Br)cc1C(=O)CCS. The molecule has 1 aromatic rings. The standard InChI is InChI=1S/C10H11BrOS/c1-7-2-3-8(11)6-9(7)10(12)4-5-13/h2-3,6,13H,4-5H2,1H3. The van der Waals surface area contributed by atoms with E-state index < -0.39 is 0 Å². The Morgan fingerprint density at radius 3 is 2.85 bits per heavy atom. The molecule has 0 saturated carbocycles. The summed E-state index contributed by atoms with van der Waals surface area (Å²) in [6.45, 7) is 1.94. The van der Waals surface area contributed by atoms with Crippen molar-refractivity contribution in [3.05, 3.63) is 33.8 Å². The van der Waals surface area contributed by atoms with Crippen LogP contribution in [0.25, 0.3) is 0 Å². The van der Waals surface area contributed by atoms with Crippen molar-refractivity contribution < 1.29 is 4.79 Å². The molecule has 13 heavy (non-hydrogen) atoms. The molecule has 1 nitrogen and oxygen atoms in total. The number of carbonyl (C=O) groups excluding carboxylic acids is 1. The molecule has 0 aliphatic heterocycles.